The summed E-state index contributed by atoms with van der Waals surface area (Å²) in [5.41, 5.74) is 3.02. The molecule has 0 amide bonds. The number of hydrogen-bond acceptors (Lipinski definition) is 6. The summed E-state index contributed by atoms with van der Waals surface area (Å²) < 4.78 is 39.6. The van der Waals surface area contributed by atoms with E-state index < -0.39 is 0 Å². The van der Waals surface area contributed by atoms with Gasteiger partial charge in [0.05, 0.1) is 18.6 Å². The van der Waals surface area contributed by atoms with E-state index >= 15 is 4.39 Å². The van der Waals surface area contributed by atoms with Gasteiger partial charge in [0.2, 0.25) is 11.3 Å². The molecule has 1 aliphatic heterocycles. The minimum Gasteiger partial charge on any atom is -0.493 e. The summed E-state index contributed by atoms with van der Waals surface area (Å²) in [5, 5.41) is 5.35. The first-order chi connectivity index (χ1) is 17.5. The van der Waals surface area contributed by atoms with Gasteiger partial charge in [0.25, 0.3) is 0 Å². The minimum atomic E-state index is -0.372. The van der Waals surface area contributed by atoms with E-state index in [1.807, 2.05) is 26.0 Å². The molecular formula is C29H39FN2O4. The smallest absolute Gasteiger partial charge is 0.214 e. The molecule has 1 atom stereocenters. The maximum atomic E-state index is 16.2. The van der Waals surface area contributed by atoms with Gasteiger partial charge < -0.3 is 23.6 Å². The van der Waals surface area contributed by atoms with E-state index in [1.165, 1.54) is 6.42 Å². The Morgan fingerprint density at radius 3 is 2.42 bits per heavy atom. The van der Waals surface area contributed by atoms with Crippen molar-refractivity contribution >= 4 is 16.8 Å². The van der Waals surface area contributed by atoms with Crippen molar-refractivity contribution in [3.63, 3.8) is 0 Å². The quantitative estimate of drug-likeness (QED) is 0.269. The van der Waals surface area contributed by atoms with Crippen LogP contribution in [0.1, 0.15) is 82.6 Å². The summed E-state index contributed by atoms with van der Waals surface area (Å²) >= 11 is 0. The standard InChI is InChI=1S/C29H39FN2O4/c1-6-12-21-22(13-7-2)26(30)28(27-25(21)29(31-36-27)32-16-10-9-11-17-32)35-23-15-14-20(18-24(23)33-5)19(4)34-8-3/h14-15,18-19H,6-13,16-17H2,1-5H3. The summed E-state index contributed by atoms with van der Waals surface area (Å²) in [5.74, 6) is 1.45. The average Bonchev–Trinajstić information content (AvgIpc) is 3.34. The van der Waals surface area contributed by atoms with Gasteiger partial charge in [-0.05, 0) is 74.8 Å². The number of benzene rings is 2. The predicted octanol–water partition coefficient (Wildman–Crippen LogP) is 7.76. The second-order valence-electron chi connectivity index (χ2n) is 9.47. The third kappa shape index (κ3) is 5.17. The molecule has 0 saturated carbocycles. The number of ether oxygens (including phenoxy) is 3. The zero-order valence-corrected chi connectivity index (χ0v) is 22.3. The molecule has 0 spiro atoms. The van der Waals surface area contributed by atoms with Crippen LogP contribution in [-0.4, -0.2) is 32.0 Å². The van der Waals surface area contributed by atoms with Gasteiger partial charge >= 0.3 is 0 Å². The molecule has 1 aliphatic rings. The van der Waals surface area contributed by atoms with E-state index in [-0.39, 0.29) is 17.7 Å². The van der Waals surface area contributed by atoms with Gasteiger partial charge in [-0.15, -0.1) is 0 Å². The molecular weight excluding hydrogens is 459 g/mol. The number of hydrogen-bond donors (Lipinski definition) is 0. The lowest BCUT2D eigenvalue weighted by Crippen LogP contribution is -2.29. The molecule has 2 heterocycles. The van der Waals surface area contributed by atoms with Crippen molar-refractivity contribution < 1.29 is 23.1 Å². The van der Waals surface area contributed by atoms with E-state index in [4.69, 9.17) is 18.7 Å². The van der Waals surface area contributed by atoms with Crippen molar-refractivity contribution in [1.29, 1.82) is 0 Å². The van der Waals surface area contributed by atoms with E-state index in [9.17, 15) is 0 Å². The number of piperidine rings is 1. The van der Waals surface area contributed by atoms with Crippen LogP contribution in [0, 0.1) is 5.82 Å². The van der Waals surface area contributed by atoms with E-state index in [0.717, 1.165) is 67.5 Å². The highest BCUT2D eigenvalue weighted by atomic mass is 19.1. The number of aromatic nitrogens is 1. The monoisotopic (exact) mass is 498 g/mol. The molecule has 1 saturated heterocycles. The largest absolute Gasteiger partial charge is 0.493 e. The molecule has 0 aliphatic carbocycles. The van der Waals surface area contributed by atoms with Crippen LogP contribution in [0.4, 0.5) is 10.2 Å². The fourth-order valence-corrected chi connectivity index (χ4v) is 5.16. The number of aryl methyl sites for hydroxylation is 1. The van der Waals surface area contributed by atoms with Crippen LogP contribution in [-0.2, 0) is 17.6 Å². The van der Waals surface area contributed by atoms with Crippen LogP contribution in [0.15, 0.2) is 22.7 Å². The van der Waals surface area contributed by atoms with E-state index in [1.54, 1.807) is 13.2 Å². The van der Waals surface area contributed by atoms with Crippen LogP contribution < -0.4 is 14.4 Å². The average molecular weight is 499 g/mol. The highest BCUT2D eigenvalue weighted by Gasteiger charge is 2.29. The highest BCUT2D eigenvalue weighted by molar-refractivity contribution is 5.97. The van der Waals surface area contributed by atoms with Gasteiger partial charge in [-0.1, -0.05) is 37.9 Å². The molecule has 0 N–H and O–H groups in total. The van der Waals surface area contributed by atoms with Crippen molar-refractivity contribution in [2.45, 2.75) is 78.7 Å². The molecule has 0 radical (unpaired) electrons. The fraction of sp³-hybridized carbons (Fsp3) is 0.552. The number of rotatable bonds is 11. The van der Waals surface area contributed by atoms with Crippen molar-refractivity contribution in [3.8, 4) is 17.2 Å². The SMILES string of the molecule is CCCc1c(F)c(Oc2ccc(C(C)OCC)cc2OC)c2onc(N3CCCCC3)c2c1CCC. The van der Waals surface area contributed by atoms with Crippen molar-refractivity contribution in [2.24, 2.45) is 0 Å². The first-order valence-corrected chi connectivity index (χ1v) is 13.4. The van der Waals surface area contributed by atoms with Crippen LogP contribution in [0.5, 0.6) is 17.2 Å². The maximum Gasteiger partial charge on any atom is 0.214 e. The number of halogens is 1. The van der Waals surface area contributed by atoms with Gasteiger partial charge in [0, 0.05) is 19.7 Å². The van der Waals surface area contributed by atoms with Crippen LogP contribution in [0.3, 0.4) is 0 Å². The Hall–Kier alpha value is -2.80. The topological polar surface area (TPSA) is 57.0 Å². The Kier molecular flexibility index (Phi) is 8.72. The number of nitrogens with zero attached hydrogens (tertiary/aromatic N) is 2. The van der Waals surface area contributed by atoms with Crippen molar-refractivity contribution in [1.82, 2.24) is 5.16 Å². The molecule has 1 unspecified atom stereocenters. The van der Waals surface area contributed by atoms with Crippen LogP contribution in [0.2, 0.25) is 0 Å². The van der Waals surface area contributed by atoms with E-state index in [0.29, 0.717) is 35.7 Å². The zero-order valence-electron chi connectivity index (χ0n) is 22.3. The summed E-state index contributed by atoms with van der Waals surface area (Å²) in [4.78, 5) is 2.27. The van der Waals surface area contributed by atoms with Gasteiger partial charge in [-0.3, -0.25) is 0 Å². The lowest BCUT2D eigenvalue weighted by Gasteiger charge is -2.27. The summed E-state index contributed by atoms with van der Waals surface area (Å²) in [6, 6.07) is 5.60. The van der Waals surface area contributed by atoms with Gasteiger partial charge in [0.15, 0.2) is 23.1 Å². The van der Waals surface area contributed by atoms with Gasteiger partial charge in [-0.2, -0.15) is 0 Å². The lowest BCUT2D eigenvalue weighted by atomic mass is 9.94. The second kappa shape index (κ2) is 12.0. The molecule has 6 nitrogen and oxygen atoms in total. The molecule has 1 fully saturated rings. The predicted molar refractivity (Wildman–Crippen MR) is 141 cm³/mol. The van der Waals surface area contributed by atoms with Crippen molar-refractivity contribution in [2.75, 3.05) is 31.7 Å². The fourth-order valence-electron chi connectivity index (χ4n) is 5.16. The zero-order chi connectivity index (χ0) is 25.7. The normalized spacial score (nSPS) is 14.9. The van der Waals surface area contributed by atoms with E-state index in [2.05, 4.69) is 23.9 Å². The Bertz CT molecular complexity index is 1170. The third-order valence-corrected chi connectivity index (χ3v) is 6.95. The Labute approximate surface area is 213 Å². The van der Waals surface area contributed by atoms with Gasteiger partial charge in [0.1, 0.15) is 0 Å². The Morgan fingerprint density at radius 1 is 1.03 bits per heavy atom. The Balaban J connectivity index is 1.86. The number of anilines is 1. The van der Waals surface area contributed by atoms with Gasteiger partial charge in [-0.25, -0.2) is 4.39 Å². The molecule has 1 aromatic heterocycles. The second-order valence-corrected chi connectivity index (χ2v) is 9.47. The molecule has 2 aromatic carbocycles. The molecule has 36 heavy (non-hydrogen) atoms. The highest BCUT2D eigenvalue weighted by Crippen LogP contribution is 2.45. The summed E-state index contributed by atoms with van der Waals surface area (Å²) in [6.07, 6.45) is 6.49. The number of methoxy groups -OCH3 is 1. The third-order valence-electron chi connectivity index (χ3n) is 6.95. The summed E-state index contributed by atoms with van der Waals surface area (Å²) in [7, 11) is 1.58. The lowest BCUT2D eigenvalue weighted by molar-refractivity contribution is 0.0762. The van der Waals surface area contributed by atoms with Crippen molar-refractivity contribution in [3.05, 3.63) is 40.7 Å². The van der Waals surface area contributed by atoms with Crippen LogP contribution >= 0.6 is 0 Å². The first-order valence-electron chi connectivity index (χ1n) is 13.4. The molecule has 7 heteroatoms. The maximum absolute atomic E-state index is 16.2. The molecule has 0 bridgehead atoms. The minimum absolute atomic E-state index is 0.0768. The molecule has 3 aromatic rings. The molecule has 4 rings (SSSR count). The summed E-state index contributed by atoms with van der Waals surface area (Å²) in [6.45, 7) is 10.6. The van der Waals surface area contributed by atoms with Crippen LogP contribution in [0.25, 0.3) is 11.0 Å². The first kappa shape index (κ1) is 26.3. The molecule has 196 valence electrons. The number of fused-ring (bicyclic) bond motifs is 1. The Morgan fingerprint density at radius 2 is 1.75 bits per heavy atom.